The summed E-state index contributed by atoms with van der Waals surface area (Å²) in [6.07, 6.45) is 0.250. The van der Waals surface area contributed by atoms with E-state index in [9.17, 15) is 9.59 Å². The van der Waals surface area contributed by atoms with E-state index in [0.29, 0.717) is 11.1 Å². The molecule has 2 N–H and O–H groups in total. The molecule has 0 radical (unpaired) electrons. The van der Waals surface area contributed by atoms with Crippen molar-refractivity contribution in [3.05, 3.63) is 59.4 Å². The van der Waals surface area contributed by atoms with Crippen LogP contribution in [0.3, 0.4) is 0 Å². The lowest BCUT2D eigenvalue weighted by atomic mass is 9.86. The van der Waals surface area contributed by atoms with Gasteiger partial charge in [0.1, 0.15) is 11.3 Å². The van der Waals surface area contributed by atoms with Gasteiger partial charge in [-0.05, 0) is 43.7 Å². The number of fused-ring (bicyclic) bond motifs is 1. The summed E-state index contributed by atoms with van der Waals surface area (Å²) in [7, 11) is 5.05. The molecule has 8 nitrogen and oxygen atoms in total. The molecule has 2 heterocycles. The molecule has 1 fully saturated rings. The van der Waals surface area contributed by atoms with Gasteiger partial charge in [0, 0.05) is 26.8 Å². The number of rotatable bonds is 3. The molecule has 1 aromatic heterocycles. The topological polar surface area (TPSA) is 94.3 Å². The van der Waals surface area contributed by atoms with Crippen molar-refractivity contribution in [1.82, 2.24) is 24.7 Å². The second-order valence-electron chi connectivity index (χ2n) is 8.35. The van der Waals surface area contributed by atoms with Crippen LogP contribution in [0.2, 0.25) is 0 Å². The normalized spacial score (nSPS) is 18.9. The predicted octanol–water partition coefficient (Wildman–Crippen LogP) is 2.64. The van der Waals surface area contributed by atoms with Crippen LogP contribution in [0.5, 0.6) is 0 Å². The summed E-state index contributed by atoms with van der Waals surface area (Å²) >= 11 is 0. The zero-order valence-electron chi connectivity index (χ0n) is 18.4. The monoisotopic (exact) mass is 418 g/mol. The summed E-state index contributed by atoms with van der Waals surface area (Å²) in [5.41, 5.74) is 3.15. The number of hydrogen-bond donors (Lipinski definition) is 2. The standard InChI is InChI=1S/C23H26N6O2/c1-14-25-20-17(21(31)27(3)4)10-7-11-18(20)29(14)16-9-6-8-15(12-16)23(2)13-19(30)28(5)22(24)26-23/h6-12H,13H2,1-5H3,(H2,24,26)/t23-/m0/s1. The minimum absolute atomic E-state index is 0.0836. The summed E-state index contributed by atoms with van der Waals surface area (Å²) in [6.45, 7) is 3.84. The molecule has 0 saturated carbocycles. The summed E-state index contributed by atoms with van der Waals surface area (Å²) in [5, 5.41) is 11.3. The minimum atomic E-state index is -0.687. The average molecular weight is 419 g/mol. The molecule has 2 amide bonds. The van der Waals surface area contributed by atoms with E-state index in [-0.39, 0.29) is 24.2 Å². The number of guanidine groups is 1. The van der Waals surface area contributed by atoms with E-state index < -0.39 is 5.54 Å². The zero-order valence-corrected chi connectivity index (χ0v) is 18.4. The Morgan fingerprint density at radius 2 is 1.94 bits per heavy atom. The van der Waals surface area contributed by atoms with E-state index in [1.165, 1.54) is 4.90 Å². The summed E-state index contributed by atoms with van der Waals surface area (Å²) < 4.78 is 2.01. The maximum absolute atomic E-state index is 12.6. The van der Waals surface area contributed by atoms with Crippen molar-refractivity contribution in [3.8, 4) is 5.69 Å². The van der Waals surface area contributed by atoms with E-state index in [1.807, 2.05) is 54.8 Å². The fourth-order valence-electron chi connectivity index (χ4n) is 4.05. The van der Waals surface area contributed by atoms with Gasteiger partial charge in [0.2, 0.25) is 5.91 Å². The number of aromatic nitrogens is 2. The number of benzene rings is 2. The van der Waals surface area contributed by atoms with E-state index >= 15 is 0 Å². The van der Waals surface area contributed by atoms with Crippen LogP contribution >= 0.6 is 0 Å². The molecule has 1 atom stereocenters. The number of aryl methyl sites for hydroxylation is 1. The minimum Gasteiger partial charge on any atom is -0.346 e. The molecule has 8 heteroatoms. The molecule has 31 heavy (non-hydrogen) atoms. The highest BCUT2D eigenvalue weighted by Crippen LogP contribution is 2.31. The lowest BCUT2D eigenvalue weighted by Gasteiger charge is -2.39. The van der Waals surface area contributed by atoms with Gasteiger partial charge in [-0.3, -0.25) is 24.5 Å². The molecule has 1 aliphatic rings. The second kappa shape index (κ2) is 7.23. The van der Waals surface area contributed by atoms with Crippen molar-refractivity contribution in [2.45, 2.75) is 25.8 Å². The van der Waals surface area contributed by atoms with Crippen molar-refractivity contribution >= 4 is 28.8 Å². The van der Waals surface area contributed by atoms with Crippen LogP contribution in [0, 0.1) is 12.3 Å². The number of nitrogens with zero attached hydrogens (tertiary/aromatic N) is 4. The van der Waals surface area contributed by atoms with Crippen LogP contribution in [0.15, 0.2) is 42.5 Å². The van der Waals surface area contributed by atoms with Gasteiger partial charge in [-0.25, -0.2) is 4.98 Å². The molecule has 2 aromatic carbocycles. The highest BCUT2D eigenvalue weighted by atomic mass is 16.2. The quantitative estimate of drug-likeness (QED) is 0.684. The van der Waals surface area contributed by atoms with Crippen molar-refractivity contribution in [3.63, 3.8) is 0 Å². The molecular formula is C23H26N6O2. The highest BCUT2D eigenvalue weighted by molar-refractivity contribution is 6.05. The maximum atomic E-state index is 12.6. The SMILES string of the molecule is Cc1nc2c(C(=O)N(C)C)cccc2n1-c1cccc([C@]2(C)CC(=O)N(C)C(=N)N2)c1. The molecule has 4 rings (SSSR count). The smallest absolute Gasteiger partial charge is 0.255 e. The molecule has 160 valence electrons. The Bertz CT molecular complexity index is 1210. The van der Waals surface area contributed by atoms with E-state index in [2.05, 4.69) is 5.32 Å². The lowest BCUT2D eigenvalue weighted by molar-refractivity contribution is -0.129. The first kappa shape index (κ1) is 20.6. The molecule has 0 bridgehead atoms. The van der Waals surface area contributed by atoms with Crippen molar-refractivity contribution < 1.29 is 9.59 Å². The summed E-state index contributed by atoms with van der Waals surface area (Å²) in [4.78, 5) is 32.6. The van der Waals surface area contributed by atoms with Crippen LogP contribution in [-0.4, -0.2) is 58.3 Å². The molecule has 1 saturated heterocycles. The summed E-state index contributed by atoms with van der Waals surface area (Å²) in [6, 6.07) is 13.5. The Balaban J connectivity index is 1.83. The van der Waals surface area contributed by atoms with Crippen LogP contribution < -0.4 is 5.32 Å². The third-order valence-corrected chi connectivity index (χ3v) is 5.84. The number of hydrogen-bond acceptors (Lipinski definition) is 4. The van der Waals surface area contributed by atoms with Gasteiger partial charge in [0.05, 0.1) is 23.0 Å². The lowest BCUT2D eigenvalue weighted by Crippen LogP contribution is -2.58. The van der Waals surface area contributed by atoms with Crippen LogP contribution in [-0.2, 0) is 10.3 Å². The predicted molar refractivity (Wildman–Crippen MR) is 119 cm³/mol. The number of carbonyl (C=O) groups excluding carboxylic acids is 2. The third-order valence-electron chi connectivity index (χ3n) is 5.84. The second-order valence-corrected chi connectivity index (χ2v) is 8.35. The van der Waals surface area contributed by atoms with Crippen molar-refractivity contribution in [2.24, 2.45) is 0 Å². The van der Waals surface area contributed by atoms with E-state index in [1.54, 1.807) is 32.1 Å². The first-order valence-corrected chi connectivity index (χ1v) is 10.1. The van der Waals surface area contributed by atoms with Gasteiger partial charge in [0.15, 0.2) is 5.96 Å². The van der Waals surface area contributed by atoms with Gasteiger partial charge in [-0.1, -0.05) is 18.2 Å². The van der Waals surface area contributed by atoms with Gasteiger partial charge >= 0.3 is 0 Å². The fourth-order valence-corrected chi connectivity index (χ4v) is 4.05. The number of para-hydroxylation sites is 1. The average Bonchev–Trinajstić information content (AvgIpc) is 3.07. The Kier molecular flexibility index (Phi) is 4.80. The molecule has 0 spiro atoms. The number of carbonyl (C=O) groups is 2. The molecule has 1 aliphatic heterocycles. The summed E-state index contributed by atoms with van der Waals surface area (Å²) in [5.74, 6) is 0.647. The molecular weight excluding hydrogens is 392 g/mol. The Morgan fingerprint density at radius 1 is 1.23 bits per heavy atom. The van der Waals surface area contributed by atoms with Crippen LogP contribution in [0.25, 0.3) is 16.7 Å². The fraction of sp³-hybridized carbons (Fsp3) is 0.304. The van der Waals surface area contributed by atoms with Gasteiger partial charge < -0.3 is 10.2 Å². The largest absolute Gasteiger partial charge is 0.346 e. The molecule has 0 aliphatic carbocycles. The number of imidazole rings is 1. The van der Waals surface area contributed by atoms with Crippen LogP contribution in [0.4, 0.5) is 0 Å². The number of amides is 2. The van der Waals surface area contributed by atoms with Crippen LogP contribution in [0.1, 0.15) is 35.1 Å². The Labute approximate surface area is 181 Å². The van der Waals surface area contributed by atoms with Gasteiger partial charge in [-0.2, -0.15) is 0 Å². The Morgan fingerprint density at radius 3 is 2.61 bits per heavy atom. The third kappa shape index (κ3) is 3.34. The van der Waals surface area contributed by atoms with Gasteiger partial charge in [0.25, 0.3) is 5.91 Å². The highest BCUT2D eigenvalue weighted by Gasteiger charge is 2.38. The first-order valence-electron chi connectivity index (χ1n) is 10.1. The molecule has 0 unspecified atom stereocenters. The zero-order chi connectivity index (χ0) is 22.5. The van der Waals surface area contributed by atoms with E-state index in [0.717, 1.165) is 22.6 Å². The van der Waals surface area contributed by atoms with Gasteiger partial charge in [-0.15, -0.1) is 0 Å². The number of nitrogens with one attached hydrogen (secondary N) is 2. The maximum Gasteiger partial charge on any atom is 0.255 e. The van der Waals surface area contributed by atoms with E-state index in [4.69, 9.17) is 10.4 Å². The first-order chi connectivity index (χ1) is 14.6. The Hall–Kier alpha value is -3.68. The van der Waals surface area contributed by atoms with Crippen molar-refractivity contribution in [2.75, 3.05) is 21.1 Å². The van der Waals surface area contributed by atoms with Crippen molar-refractivity contribution in [1.29, 1.82) is 5.41 Å². The molecule has 3 aromatic rings.